The van der Waals surface area contributed by atoms with Crippen molar-refractivity contribution in [3.8, 4) is 0 Å². The van der Waals surface area contributed by atoms with Gasteiger partial charge in [-0.05, 0) is 75.5 Å². The average Bonchev–Trinajstić information content (AvgIpc) is 3.04. The highest BCUT2D eigenvalue weighted by molar-refractivity contribution is 6.01. The van der Waals surface area contributed by atoms with E-state index in [2.05, 4.69) is 0 Å². The van der Waals surface area contributed by atoms with Crippen molar-refractivity contribution in [2.24, 2.45) is 28.6 Å². The lowest BCUT2D eigenvalue weighted by Crippen LogP contribution is -2.71. The number of hydrogen-bond acceptors (Lipinski definition) is 7. The Balaban J connectivity index is 1.54. The summed E-state index contributed by atoms with van der Waals surface area (Å²) in [6.45, 7) is 3.25. The molecule has 0 aromatic heterocycles. The van der Waals surface area contributed by atoms with Crippen molar-refractivity contribution >= 4 is 17.9 Å². The first-order valence-electron chi connectivity index (χ1n) is 14.4. The molecule has 1 unspecified atom stereocenters. The summed E-state index contributed by atoms with van der Waals surface area (Å²) < 4.78 is 62.9. The molecule has 0 aromatic rings. The number of alkyl halides is 3. The molecule has 0 aromatic carbocycles. The maximum atomic E-state index is 17.4. The van der Waals surface area contributed by atoms with Crippen molar-refractivity contribution in [1.82, 2.24) is 0 Å². The first-order valence-corrected chi connectivity index (χ1v) is 14.4. The molecular weight excluding hydrogens is 529 g/mol. The summed E-state index contributed by atoms with van der Waals surface area (Å²) in [6, 6.07) is 0. The molecule has 7 nitrogen and oxygen atoms in total. The lowest BCUT2D eigenvalue weighted by molar-refractivity contribution is -0.235. The first-order chi connectivity index (χ1) is 18.8. The fourth-order valence-electron chi connectivity index (χ4n) is 9.03. The molecule has 5 rings (SSSR count). The molecule has 4 saturated carbocycles. The SMILES string of the molecule is C[C@@H]1C[C@H]2[C@@H]3C[C@H](F)C4=CC(=O)C=C[C@]4(C)C3(F)[C@@H](O)C[C@]2(C)[C@]1(OC(=O)OC1CCCCCC1)C(=O)OCF. The number of aliphatic hydroxyl groups excluding tert-OH is 1. The van der Waals surface area contributed by atoms with Crippen LogP contribution < -0.4 is 0 Å². The number of ether oxygens (including phenoxy) is 3. The zero-order valence-corrected chi connectivity index (χ0v) is 23.3. The zero-order chi connectivity index (χ0) is 29.1. The monoisotopic (exact) mass is 568 g/mol. The van der Waals surface area contributed by atoms with Gasteiger partial charge in [0.15, 0.2) is 11.5 Å². The van der Waals surface area contributed by atoms with Gasteiger partial charge in [0.1, 0.15) is 12.3 Å². The van der Waals surface area contributed by atoms with E-state index in [1.165, 1.54) is 19.1 Å². The highest BCUT2D eigenvalue weighted by atomic mass is 19.1. The van der Waals surface area contributed by atoms with Crippen LogP contribution in [0.2, 0.25) is 0 Å². The van der Waals surface area contributed by atoms with E-state index in [-0.39, 0.29) is 24.8 Å². The molecule has 9 atom stereocenters. The third-order valence-electron chi connectivity index (χ3n) is 11.0. The van der Waals surface area contributed by atoms with Gasteiger partial charge in [-0.25, -0.2) is 22.8 Å². The maximum absolute atomic E-state index is 17.4. The molecule has 1 N–H and O–H groups in total. The Morgan fingerprint density at radius 1 is 1.10 bits per heavy atom. The molecule has 4 fully saturated rings. The summed E-state index contributed by atoms with van der Waals surface area (Å²) in [5, 5.41) is 11.5. The Hall–Kier alpha value is -2.36. The van der Waals surface area contributed by atoms with Gasteiger partial charge in [-0.1, -0.05) is 32.8 Å². The van der Waals surface area contributed by atoms with E-state index >= 15 is 8.78 Å². The quantitative estimate of drug-likeness (QED) is 0.346. The molecule has 0 heterocycles. The van der Waals surface area contributed by atoms with Crippen LogP contribution in [0.1, 0.15) is 78.6 Å². The summed E-state index contributed by atoms with van der Waals surface area (Å²) in [5.74, 6) is -4.19. The standard InChI is InChI=1S/C30H39F3O7/c1-17-12-20-21-14-23(32)22-13-18(34)10-11-27(22,2)29(21,33)24(35)15-28(20,3)30(17,25(36)38-16-31)40-26(37)39-19-8-6-4-5-7-9-19/h10-11,13,17,19-21,23-24,35H,4-9,12,14-16H2,1-3H3/t17-,20+,21+,23+,24+,27+,28+,29?,30-/m1/s1. The molecule has 5 aliphatic carbocycles. The molecular formula is C30H39F3O7. The van der Waals surface area contributed by atoms with E-state index in [9.17, 15) is 23.9 Å². The van der Waals surface area contributed by atoms with Gasteiger partial charge >= 0.3 is 12.1 Å². The number of carbonyl (C=O) groups is 3. The van der Waals surface area contributed by atoms with Crippen molar-refractivity contribution in [2.45, 2.75) is 108 Å². The summed E-state index contributed by atoms with van der Waals surface area (Å²) in [6.07, 6.45) is 3.35. The lowest BCUT2D eigenvalue weighted by Gasteiger charge is -2.62. The number of hydrogen-bond donors (Lipinski definition) is 1. The Kier molecular flexibility index (Phi) is 7.41. The van der Waals surface area contributed by atoms with Crippen molar-refractivity contribution in [2.75, 3.05) is 6.86 Å². The van der Waals surface area contributed by atoms with E-state index < -0.39 is 83.0 Å². The Morgan fingerprint density at radius 3 is 2.42 bits per heavy atom. The van der Waals surface area contributed by atoms with Crippen LogP contribution in [0, 0.1) is 28.6 Å². The molecule has 0 radical (unpaired) electrons. The number of allylic oxidation sites excluding steroid dienone is 4. The summed E-state index contributed by atoms with van der Waals surface area (Å²) in [7, 11) is 0. The van der Waals surface area contributed by atoms with Gasteiger partial charge in [-0.2, -0.15) is 0 Å². The molecule has 10 heteroatoms. The van der Waals surface area contributed by atoms with Crippen molar-refractivity contribution in [3.05, 3.63) is 23.8 Å². The maximum Gasteiger partial charge on any atom is 0.509 e. The average molecular weight is 569 g/mol. The largest absolute Gasteiger partial charge is 0.509 e. The predicted octanol–water partition coefficient (Wildman–Crippen LogP) is 5.64. The number of halogens is 3. The van der Waals surface area contributed by atoms with E-state index in [0.717, 1.165) is 31.8 Å². The van der Waals surface area contributed by atoms with E-state index in [0.29, 0.717) is 12.8 Å². The number of carbonyl (C=O) groups excluding carboxylic acids is 3. The van der Waals surface area contributed by atoms with E-state index in [4.69, 9.17) is 14.2 Å². The number of rotatable bonds is 4. The molecule has 0 spiro atoms. The molecule has 0 saturated heterocycles. The first kappa shape index (κ1) is 29.1. The van der Waals surface area contributed by atoms with Gasteiger partial charge in [-0.15, -0.1) is 0 Å². The second-order valence-corrected chi connectivity index (χ2v) is 12.9. The minimum Gasteiger partial charge on any atom is -0.431 e. The Bertz CT molecular complexity index is 1120. The van der Waals surface area contributed by atoms with E-state index in [1.807, 2.05) is 0 Å². The predicted molar refractivity (Wildman–Crippen MR) is 137 cm³/mol. The highest BCUT2D eigenvalue weighted by Crippen LogP contribution is 2.71. The van der Waals surface area contributed by atoms with Gasteiger partial charge in [0.2, 0.25) is 12.5 Å². The smallest absolute Gasteiger partial charge is 0.431 e. The van der Waals surface area contributed by atoms with Crippen LogP contribution in [0.25, 0.3) is 0 Å². The summed E-state index contributed by atoms with van der Waals surface area (Å²) >= 11 is 0. The van der Waals surface area contributed by atoms with Crippen molar-refractivity contribution in [3.63, 3.8) is 0 Å². The normalized spacial score (nSPS) is 44.9. The van der Waals surface area contributed by atoms with E-state index in [1.54, 1.807) is 13.8 Å². The van der Waals surface area contributed by atoms with Crippen molar-refractivity contribution in [1.29, 1.82) is 0 Å². The Morgan fingerprint density at radius 2 is 1.77 bits per heavy atom. The van der Waals surface area contributed by atoms with Gasteiger partial charge < -0.3 is 19.3 Å². The molecule has 222 valence electrons. The molecule has 40 heavy (non-hydrogen) atoms. The fourth-order valence-corrected chi connectivity index (χ4v) is 9.03. The van der Waals surface area contributed by atoms with Gasteiger partial charge in [0.05, 0.1) is 6.10 Å². The van der Waals surface area contributed by atoms with Crippen molar-refractivity contribution < 1.29 is 46.9 Å². The third kappa shape index (κ3) is 3.98. The molecule has 5 aliphatic rings. The van der Waals surface area contributed by atoms with Gasteiger partial charge in [0, 0.05) is 22.7 Å². The summed E-state index contributed by atoms with van der Waals surface area (Å²) in [4.78, 5) is 38.8. The zero-order valence-electron chi connectivity index (χ0n) is 23.3. The molecule has 0 amide bonds. The third-order valence-corrected chi connectivity index (χ3v) is 11.0. The second kappa shape index (κ2) is 10.2. The lowest BCUT2D eigenvalue weighted by atomic mass is 9.44. The highest BCUT2D eigenvalue weighted by Gasteiger charge is 2.79. The second-order valence-electron chi connectivity index (χ2n) is 12.9. The molecule has 0 aliphatic heterocycles. The van der Waals surface area contributed by atoms with Gasteiger partial charge in [0.25, 0.3) is 0 Å². The minimum absolute atomic E-state index is 0.0150. The minimum atomic E-state index is -2.37. The van der Waals surface area contributed by atoms with Crippen LogP contribution in [0.4, 0.5) is 18.0 Å². The number of fused-ring (bicyclic) bond motifs is 5. The van der Waals surface area contributed by atoms with Crippen LogP contribution in [0.15, 0.2) is 23.8 Å². The van der Waals surface area contributed by atoms with Crippen LogP contribution in [0.3, 0.4) is 0 Å². The topological polar surface area (TPSA) is 99.1 Å². The van der Waals surface area contributed by atoms with Crippen LogP contribution in [-0.4, -0.2) is 59.5 Å². The number of esters is 1. The fraction of sp³-hybridized carbons (Fsp3) is 0.767. The van der Waals surface area contributed by atoms with Gasteiger partial charge in [-0.3, -0.25) is 4.79 Å². The number of ketones is 1. The Labute approximate surface area is 232 Å². The molecule has 0 bridgehead atoms. The van der Waals surface area contributed by atoms with Crippen LogP contribution in [-0.2, 0) is 23.8 Å². The van der Waals surface area contributed by atoms with Crippen LogP contribution >= 0.6 is 0 Å². The number of aliphatic hydroxyl groups is 1. The van der Waals surface area contributed by atoms with Crippen LogP contribution in [0.5, 0.6) is 0 Å². The summed E-state index contributed by atoms with van der Waals surface area (Å²) in [5.41, 5.74) is -7.50.